The maximum Gasteiger partial charge on any atom is 0.0773 e. The van der Waals surface area contributed by atoms with E-state index in [1.54, 1.807) is 13.3 Å². The average molecular weight is 251 g/mol. The highest BCUT2D eigenvalue weighted by atomic mass is 16.5. The molecule has 1 rings (SSSR count). The molecule has 0 radical (unpaired) electrons. The molecular formula is C14H25N3O. The Balaban J connectivity index is 2.36. The zero-order valence-corrected chi connectivity index (χ0v) is 11.9. The highest BCUT2D eigenvalue weighted by Gasteiger charge is 2.25. The Labute approximate surface area is 110 Å². The lowest BCUT2D eigenvalue weighted by Gasteiger charge is -2.31. The van der Waals surface area contributed by atoms with E-state index in [2.05, 4.69) is 23.0 Å². The lowest BCUT2D eigenvalue weighted by atomic mass is 9.96. The van der Waals surface area contributed by atoms with E-state index in [4.69, 9.17) is 10.5 Å². The van der Waals surface area contributed by atoms with E-state index in [1.807, 2.05) is 26.1 Å². The molecule has 0 bridgehead atoms. The number of ether oxygens (including phenoxy) is 1. The molecular weight excluding hydrogens is 226 g/mol. The van der Waals surface area contributed by atoms with E-state index in [0.717, 1.165) is 19.5 Å². The molecule has 0 aliphatic rings. The van der Waals surface area contributed by atoms with Crippen molar-refractivity contribution >= 4 is 0 Å². The highest BCUT2D eigenvalue weighted by Crippen LogP contribution is 2.15. The van der Waals surface area contributed by atoms with Crippen LogP contribution in [0.3, 0.4) is 0 Å². The molecule has 0 fully saturated rings. The average Bonchev–Trinajstić information content (AvgIpc) is 2.37. The van der Waals surface area contributed by atoms with Crippen molar-refractivity contribution in [2.75, 3.05) is 20.7 Å². The van der Waals surface area contributed by atoms with Gasteiger partial charge in [-0.3, -0.25) is 4.98 Å². The summed E-state index contributed by atoms with van der Waals surface area (Å²) in [7, 11) is 3.80. The Hall–Kier alpha value is -0.970. The predicted octanol–water partition coefficient (Wildman–Crippen LogP) is 1.66. The second-order valence-electron chi connectivity index (χ2n) is 5.30. The van der Waals surface area contributed by atoms with E-state index in [-0.39, 0.29) is 11.6 Å². The Morgan fingerprint density at radius 3 is 2.78 bits per heavy atom. The molecule has 1 aromatic heterocycles. The van der Waals surface area contributed by atoms with Gasteiger partial charge in [-0.25, -0.2) is 0 Å². The second kappa shape index (κ2) is 6.83. The number of nitrogens with zero attached hydrogens (tertiary/aromatic N) is 2. The fraction of sp³-hybridized carbons (Fsp3) is 0.643. The zero-order chi connectivity index (χ0) is 13.6. The number of pyridine rings is 1. The molecule has 0 spiro atoms. The maximum absolute atomic E-state index is 6.14. The van der Waals surface area contributed by atoms with Crippen LogP contribution in [0.15, 0.2) is 24.5 Å². The van der Waals surface area contributed by atoms with Crippen molar-refractivity contribution in [1.29, 1.82) is 0 Å². The lowest BCUT2D eigenvalue weighted by molar-refractivity contribution is -0.00333. The van der Waals surface area contributed by atoms with E-state index < -0.39 is 0 Å². The molecule has 2 N–H and O–H groups in total. The summed E-state index contributed by atoms with van der Waals surface area (Å²) in [6.07, 6.45) is 4.60. The number of nitrogens with two attached hydrogens (primary N) is 1. The SMILES string of the molecule is COC(C)(C)C(N)CCN(C)Cc1cccnc1. The van der Waals surface area contributed by atoms with Crippen molar-refractivity contribution in [3.05, 3.63) is 30.1 Å². The third-order valence-electron chi connectivity index (χ3n) is 3.42. The summed E-state index contributed by atoms with van der Waals surface area (Å²) in [5.41, 5.74) is 7.09. The first-order valence-corrected chi connectivity index (χ1v) is 6.34. The van der Waals surface area contributed by atoms with Gasteiger partial charge in [0.25, 0.3) is 0 Å². The fourth-order valence-electron chi connectivity index (χ4n) is 1.74. The van der Waals surface area contributed by atoms with Crippen LogP contribution >= 0.6 is 0 Å². The summed E-state index contributed by atoms with van der Waals surface area (Å²) in [4.78, 5) is 6.37. The minimum atomic E-state index is -0.269. The van der Waals surface area contributed by atoms with Gasteiger partial charge in [-0.15, -0.1) is 0 Å². The van der Waals surface area contributed by atoms with E-state index in [9.17, 15) is 0 Å². The number of hydrogen-bond donors (Lipinski definition) is 1. The van der Waals surface area contributed by atoms with Crippen molar-refractivity contribution in [3.63, 3.8) is 0 Å². The van der Waals surface area contributed by atoms with E-state index >= 15 is 0 Å². The summed E-state index contributed by atoms with van der Waals surface area (Å²) in [6, 6.07) is 4.09. The second-order valence-corrected chi connectivity index (χ2v) is 5.30. The number of rotatable bonds is 7. The van der Waals surface area contributed by atoms with Crippen LogP contribution in [0.2, 0.25) is 0 Å². The summed E-state index contributed by atoms with van der Waals surface area (Å²) in [5.74, 6) is 0. The molecule has 4 nitrogen and oxygen atoms in total. The summed E-state index contributed by atoms with van der Waals surface area (Å²) < 4.78 is 5.40. The summed E-state index contributed by atoms with van der Waals surface area (Å²) in [5, 5.41) is 0. The van der Waals surface area contributed by atoms with E-state index in [0.29, 0.717) is 0 Å². The molecule has 0 saturated heterocycles. The van der Waals surface area contributed by atoms with Crippen LogP contribution < -0.4 is 5.73 Å². The maximum atomic E-state index is 6.14. The first-order chi connectivity index (χ1) is 8.45. The summed E-state index contributed by atoms with van der Waals surface area (Å²) in [6.45, 7) is 5.90. The van der Waals surface area contributed by atoms with Gasteiger partial charge < -0.3 is 15.4 Å². The molecule has 102 valence electrons. The molecule has 1 aromatic rings. The molecule has 18 heavy (non-hydrogen) atoms. The molecule has 0 aliphatic heterocycles. The normalized spacial score (nSPS) is 13.9. The quantitative estimate of drug-likeness (QED) is 0.800. The Morgan fingerprint density at radius 1 is 1.50 bits per heavy atom. The van der Waals surface area contributed by atoms with E-state index in [1.165, 1.54) is 5.56 Å². The first-order valence-electron chi connectivity index (χ1n) is 6.34. The van der Waals surface area contributed by atoms with Crippen molar-refractivity contribution in [1.82, 2.24) is 9.88 Å². The van der Waals surface area contributed by atoms with Gasteiger partial charge >= 0.3 is 0 Å². The van der Waals surface area contributed by atoms with Crippen LogP contribution in [0.5, 0.6) is 0 Å². The van der Waals surface area contributed by atoms with Crippen LogP contribution in [-0.4, -0.2) is 42.2 Å². The molecule has 1 heterocycles. The van der Waals surface area contributed by atoms with Crippen LogP contribution in [0, 0.1) is 0 Å². The first kappa shape index (κ1) is 15.1. The minimum absolute atomic E-state index is 0.0406. The van der Waals surface area contributed by atoms with Crippen molar-refractivity contribution in [2.24, 2.45) is 5.73 Å². The third-order valence-corrected chi connectivity index (χ3v) is 3.42. The van der Waals surface area contributed by atoms with Crippen molar-refractivity contribution in [3.8, 4) is 0 Å². The number of hydrogen-bond acceptors (Lipinski definition) is 4. The van der Waals surface area contributed by atoms with Crippen molar-refractivity contribution < 1.29 is 4.74 Å². The summed E-state index contributed by atoms with van der Waals surface area (Å²) >= 11 is 0. The van der Waals surface area contributed by atoms with Gasteiger partial charge in [0.15, 0.2) is 0 Å². The standard InChI is InChI=1S/C14H25N3O/c1-14(2,18-4)13(15)7-9-17(3)11-12-6-5-8-16-10-12/h5-6,8,10,13H,7,9,11,15H2,1-4H3. The molecule has 0 aromatic carbocycles. The Morgan fingerprint density at radius 2 is 2.22 bits per heavy atom. The van der Waals surface area contributed by atoms with Gasteiger partial charge in [0, 0.05) is 32.1 Å². The Kier molecular flexibility index (Phi) is 5.72. The van der Waals surface area contributed by atoms with Crippen LogP contribution in [-0.2, 0) is 11.3 Å². The number of methoxy groups -OCH3 is 1. The Bertz CT molecular complexity index is 340. The predicted molar refractivity (Wildman–Crippen MR) is 74.3 cm³/mol. The van der Waals surface area contributed by atoms with Gasteiger partial charge in [-0.1, -0.05) is 6.07 Å². The zero-order valence-electron chi connectivity index (χ0n) is 11.9. The highest BCUT2D eigenvalue weighted by molar-refractivity contribution is 5.07. The van der Waals surface area contributed by atoms with Gasteiger partial charge in [0.05, 0.1) is 5.60 Å². The van der Waals surface area contributed by atoms with Gasteiger partial charge in [0.1, 0.15) is 0 Å². The molecule has 1 unspecified atom stereocenters. The third kappa shape index (κ3) is 4.72. The monoisotopic (exact) mass is 251 g/mol. The number of aromatic nitrogens is 1. The molecule has 1 atom stereocenters. The van der Waals surface area contributed by atoms with Crippen molar-refractivity contribution in [2.45, 2.75) is 38.5 Å². The van der Waals surface area contributed by atoms with Gasteiger partial charge in [0.2, 0.25) is 0 Å². The van der Waals surface area contributed by atoms with Crippen LogP contribution in [0.25, 0.3) is 0 Å². The van der Waals surface area contributed by atoms with Crippen LogP contribution in [0.1, 0.15) is 25.8 Å². The molecule has 0 aliphatic carbocycles. The molecule has 0 saturated carbocycles. The van der Waals surface area contributed by atoms with Gasteiger partial charge in [-0.2, -0.15) is 0 Å². The lowest BCUT2D eigenvalue weighted by Crippen LogP contribution is -2.46. The van der Waals surface area contributed by atoms with Crippen LogP contribution in [0.4, 0.5) is 0 Å². The van der Waals surface area contributed by atoms with Gasteiger partial charge in [-0.05, 0) is 45.5 Å². The topological polar surface area (TPSA) is 51.4 Å². The smallest absolute Gasteiger partial charge is 0.0773 e. The minimum Gasteiger partial charge on any atom is -0.377 e. The molecule has 4 heteroatoms. The largest absolute Gasteiger partial charge is 0.377 e. The molecule has 0 amide bonds. The fourth-order valence-corrected chi connectivity index (χ4v) is 1.74.